The maximum Gasteiger partial charge on any atom is 0.405 e. The molecule has 1 unspecified atom stereocenters. The van der Waals surface area contributed by atoms with E-state index in [0.717, 1.165) is 0 Å². The van der Waals surface area contributed by atoms with Crippen molar-refractivity contribution in [2.45, 2.75) is 12.1 Å². The van der Waals surface area contributed by atoms with Gasteiger partial charge in [0.2, 0.25) is 0 Å². The van der Waals surface area contributed by atoms with E-state index in [1.807, 2.05) is 9.47 Å². The summed E-state index contributed by atoms with van der Waals surface area (Å²) in [7, 11) is 1.83. The first-order chi connectivity index (χ1) is 8.06. The summed E-state index contributed by atoms with van der Waals surface area (Å²) in [5.41, 5.74) is 0.518. The molecule has 6 nitrogen and oxygen atoms in total. The molecule has 1 amide bonds. The maximum absolute atomic E-state index is 11.0. The highest BCUT2D eigenvalue weighted by atomic mass is 31.0. The van der Waals surface area contributed by atoms with Crippen molar-refractivity contribution in [3.05, 3.63) is 35.9 Å². The van der Waals surface area contributed by atoms with Gasteiger partial charge in [-0.25, -0.2) is 9.59 Å². The Bertz CT molecular complexity index is 397. The smallest absolute Gasteiger partial charge is 0.405 e. The van der Waals surface area contributed by atoms with Gasteiger partial charge in [0.05, 0.1) is 6.04 Å². The monoisotopic (exact) mass is 257 g/mol. The van der Waals surface area contributed by atoms with Crippen LogP contribution in [0.4, 0.5) is 4.79 Å². The number of carbonyl (C=O) groups is 2. The number of hydrogen-bond donors (Lipinski definition) is 3. The Kier molecular flexibility index (Phi) is 4.87. The highest BCUT2D eigenvalue weighted by Crippen LogP contribution is 2.21. The van der Waals surface area contributed by atoms with Crippen LogP contribution < -0.4 is 5.32 Å². The van der Waals surface area contributed by atoms with Gasteiger partial charge in [0.15, 0.2) is 6.10 Å². The molecule has 0 saturated carbocycles. The molecular weight excluding hydrogens is 245 g/mol. The average molecular weight is 257 g/mol. The zero-order valence-corrected chi connectivity index (χ0v) is 9.89. The van der Waals surface area contributed by atoms with Crippen LogP contribution >= 0.6 is 9.47 Å². The second-order valence-corrected chi connectivity index (χ2v) is 3.50. The van der Waals surface area contributed by atoms with Crippen LogP contribution in [0.25, 0.3) is 0 Å². The second-order valence-electron chi connectivity index (χ2n) is 3.23. The Morgan fingerprint density at radius 1 is 1.24 bits per heavy atom. The summed E-state index contributed by atoms with van der Waals surface area (Å²) in [4.78, 5) is 21.6. The van der Waals surface area contributed by atoms with Gasteiger partial charge in [-0.05, 0) is 5.56 Å². The molecule has 0 aromatic heterocycles. The van der Waals surface area contributed by atoms with Crippen LogP contribution in [0.5, 0.6) is 0 Å². The predicted octanol–water partition coefficient (Wildman–Crippen LogP) is 1.26. The molecular formula is C10H12NO5P. The van der Waals surface area contributed by atoms with Crippen molar-refractivity contribution in [3.63, 3.8) is 0 Å². The number of nitrogens with one attached hydrogen (secondary N) is 1. The topological polar surface area (TPSA) is 95.9 Å². The highest BCUT2D eigenvalue weighted by Gasteiger charge is 2.30. The number of aliphatic carboxylic acids is 1. The van der Waals surface area contributed by atoms with Crippen molar-refractivity contribution in [2.75, 3.05) is 0 Å². The van der Waals surface area contributed by atoms with E-state index in [-0.39, 0.29) is 0 Å². The number of carboxylic acids is 1. The van der Waals surface area contributed by atoms with Crippen LogP contribution in [-0.2, 0) is 9.32 Å². The van der Waals surface area contributed by atoms with Gasteiger partial charge in [0.25, 0.3) is 0 Å². The van der Waals surface area contributed by atoms with E-state index < -0.39 is 24.2 Å². The lowest BCUT2D eigenvalue weighted by Gasteiger charge is -2.22. The van der Waals surface area contributed by atoms with E-state index in [4.69, 9.17) is 14.7 Å². The predicted molar refractivity (Wildman–Crippen MR) is 62.6 cm³/mol. The van der Waals surface area contributed by atoms with Gasteiger partial charge in [-0.1, -0.05) is 30.3 Å². The third kappa shape index (κ3) is 3.69. The minimum absolute atomic E-state index is 0.518. The molecule has 1 rings (SSSR count). The fourth-order valence-electron chi connectivity index (χ4n) is 1.41. The molecule has 1 aromatic rings. The summed E-state index contributed by atoms with van der Waals surface area (Å²) >= 11 is 0. The lowest BCUT2D eigenvalue weighted by atomic mass is 10.0. The molecule has 0 heterocycles. The second kappa shape index (κ2) is 6.18. The zero-order chi connectivity index (χ0) is 12.8. The Morgan fingerprint density at radius 2 is 1.82 bits per heavy atom. The lowest BCUT2D eigenvalue weighted by molar-refractivity contribution is -0.145. The third-order valence-electron chi connectivity index (χ3n) is 2.13. The van der Waals surface area contributed by atoms with Crippen LogP contribution in [0.3, 0.4) is 0 Å². The summed E-state index contributed by atoms with van der Waals surface area (Å²) < 4.78 is 4.72. The molecule has 0 radical (unpaired) electrons. The summed E-state index contributed by atoms with van der Waals surface area (Å²) in [6, 6.07) is 7.41. The maximum atomic E-state index is 11.0. The van der Waals surface area contributed by atoms with Gasteiger partial charge in [0.1, 0.15) is 0 Å². The molecule has 0 spiro atoms. The molecule has 1 aromatic carbocycles. The van der Waals surface area contributed by atoms with Crippen LogP contribution in [-0.4, -0.2) is 28.4 Å². The van der Waals surface area contributed by atoms with Crippen LogP contribution in [0.15, 0.2) is 30.3 Å². The van der Waals surface area contributed by atoms with Gasteiger partial charge >= 0.3 is 12.1 Å². The molecule has 3 N–H and O–H groups in total. The Labute approximate surface area is 99.9 Å². The largest absolute Gasteiger partial charge is 0.479 e. The fraction of sp³-hybridized carbons (Fsp3) is 0.200. The number of rotatable bonds is 5. The number of amides is 1. The van der Waals surface area contributed by atoms with Crippen molar-refractivity contribution in [3.8, 4) is 0 Å². The minimum atomic E-state index is -1.31. The van der Waals surface area contributed by atoms with E-state index in [1.54, 1.807) is 30.3 Å². The van der Waals surface area contributed by atoms with Gasteiger partial charge in [-0.3, -0.25) is 0 Å². The van der Waals surface area contributed by atoms with Crippen molar-refractivity contribution in [1.82, 2.24) is 5.32 Å². The molecule has 92 valence electrons. The first-order valence-electron chi connectivity index (χ1n) is 4.69. The summed E-state index contributed by atoms with van der Waals surface area (Å²) in [6.07, 6.45) is -2.62. The van der Waals surface area contributed by atoms with Crippen LogP contribution in [0, 0.1) is 0 Å². The van der Waals surface area contributed by atoms with Crippen molar-refractivity contribution in [1.29, 1.82) is 0 Å². The van der Waals surface area contributed by atoms with Crippen molar-refractivity contribution < 1.29 is 24.3 Å². The van der Waals surface area contributed by atoms with Crippen LogP contribution in [0.2, 0.25) is 0 Å². The summed E-state index contributed by atoms with van der Waals surface area (Å²) in [6.45, 7) is 0. The van der Waals surface area contributed by atoms with Crippen molar-refractivity contribution >= 4 is 21.5 Å². The quantitative estimate of drug-likeness (QED) is 0.690. The normalized spacial score (nSPS) is 13.7. The molecule has 17 heavy (non-hydrogen) atoms. The van der Waals surface area contributed by atoms with Gasteiger partial charge in [-0.2, -0.15) is 0 Å². The first kappa shape index (κ1) is 13.4. The van der Waals surface area contributed by atoms with E-state index in [9.17, 15) is 9.59 Å². The van der Waals surface area contributed by atoms with Crippen LogP contribution in [0.1, 0.15) is 11.6 Å². The Balaban J connectivity index is 3.02. The Hall–Kier alpha value is -1.65. The average Bonchev–Trinajstić information content (AvgIpc) is 2.29. The summed E-state index contributed by atoms with van der Waals surface area (Å²) in [5, 5.41) is 19.8. The van der Waals surface area contributed by atoms with Crippen molar-refractivity contribution in [2.24, 2.45) is 0 Å². The number of carboxylic acid groups (broad SMARTS) is 2. The number of benzene rings is 1. The standard InChI is InChI=1S/C10H12NO5P/c12-9(13)8(16-17)7(11-10(14)15)6-4-2-1-3-5-6/h1-5,7-8,11H,17H2,(H,12,13)(H,14,15)/t7-,8+/m0/s1. The first-order valence-corrected chi connectivity index (χ1v) is 5.16. The van der Waals surface area contributed by atoms with Gasteiger partial charge in [-0.15, -0.1) is 0 Å². The lowest BCUT2D eigenvalue weighted by Crippen LogP contribution is -2.40. The van der Waals surface area contributed by atoms with E-state index >= 15 is 0 Å². The highest BCUT2D eigenvalue weighted by molar-refractivity contribution is 7.09. The zero-order valence-electron chi connectivity index (χ0n) is 8.74. The molecule has 0 saturated heterocycles. The molecule has 3 atom stereocenters. The molecule has 0 aliphatic carbocycles. The van der Waals surface area contributed by atoms with Gasteiger partial charge < -0.3 is 20.1 Å². The molecule has 7 heteroatoms. The van der Waals surface area contributed by atoms with E-state index in [1.165, 1.54) is 0 Å². The Morgan fingerprint density at radius 3 is 2.24 bits per heavy atom. The van der Waals surface area contributed by atoms with E-state index in [0.29, 0.717) is 5.56 Å². The molecule has 0 bridgehead atoms. The van der Waals surface area contributed by atoms with E-state index in [2.05, 4.69) is 5.32 Å². The molecule has 0 aliphatic rings. The SMILES string of the molecule is O=C(O)N[C@@H](c1ccccc1)[C@@H](OP)C(=O)O. The minimum Gasteiger partial charge on any atom is -0.479 e. The molecule has 0 aliphatic heterocycles. The molecule has 0 fully saturated rings. The fourth-order valence-corrected chi connectivity index (χ4v) is 1.68. The third-order valence-corrected chi connectivity index (χ3v) is 2.42. The van der Waals surface area contributed by atoms with Gasteiger partial charge in [0, 0.05) is 9.47 Å². The summed E-state index contributed by atoms with van der Waals surface area (Å²) in [5.74, 6) is -1.25. The number of hydrogen-bond acceptors (Lipinski definition) is 3.